The number of nitrogens with two attached hydrogens (primary N) is 1. The number of amides is 1. The fourth-order valence-corrected chi connectivity index (χ4v) is 3.63. The molecule has 4 heteroatoms. The van der Waals surface area contributed by atoms with Gasteiger partial charge in [0.05, 0.1) is 6.04 Å². The number of hydrogen-bond acceptors (Lipinski definition) is 3. The van der Waals surface area contributed by atoms with E-state index in [1.807, 2.05) is 0 Å². The lowest BCUT2D eigenvalue weighted by molar-refractivity contribution is -0.133. The minimum atomic E-state index is -0.375. The van der Waals surface area contributed by atoms with Crippen LogP contribution in [0, 0.1) is 5.92 Å². The molecule has 1 heterocycles. The number of nitrogens with zero attached hydrogens (tertiary/aromatic N) is 2. The molecule has 1 amide bonds. The number of rotatable bonds is 6. The van der Waals surface area contributed by atoms with Crippen molar-refractivity contribution in [3.8, 4) is 0 Å². The standard InChI is InChI=1S/C19H29N3O/c1-15(20)19(23)22(18-9-10-18)14-17-8-5-11-21(13-17)12-16-6-3-2-4-7-16/h2-4,6-7,15,17-18H,5,8-14,20H2,1H3. The van der Waals surface area contributed by atoms with Crippen molar-refractivity contribution in [1.82, 2.24) is 9.80 Å². The lowest BCUT2D eigenvalue weighted by Crippen LogP contribution is -2.48. The molecule has 4 nitrogen and oxygen atoms in total. The first-order valence-electron chi connectivity index (χ1n) is 8.96. The maximum Gasteiger partial charge on any atom is 0.239 e. The minimum Gasteiger partial charge on any atom is -0.338 e. The predicted molar refractivity (Wildman–Crippen MR) is 92.8 cm³/mol. The van der Waals surface area contributed by atoms with E-state index in [0.29, 0.717) is 12.0 Å². The quantitative estimate of drug-likeness (QED) is 0.876. The van der Waals surface area contributed by atoms with Crippen LogP contribution in [0.5, 0.6) is 0 Å². The van der Waals surface area contributed by atoms with Crippen molar-refractivity contribution < 1.29 is 4.79 Å². The van der Waals surface area contributed by atoms with Crippen molar-refractivity contribution in [2.24, 2.45) is 11.7 Å². The minimum absolute atomic E-state index is 0.132. The molecule has 2 atom stereocenters. The zero-order chi connectivity index (χ0) is 16.2. The highest BCUT2D eigenvalue weighted by Gasteiger charge is 2.35. The molecule has 23 heavy (non-hydrogen) atoms. The molecule has 1 saturated heterocycles. The van der Waals surface area contributed by atoms with Gasteiger partial charge in [0.25, 0.3) is 0 Å². The summed E-state index contributed by atoms with van der Waals surface area (Å²) in [5.74, 6) is 0.712. The van der Waals surface area contributed by atoms with Crippen molar-refractivity contribution in [1.29, 1.82) is 0 Å². The maximum absolute atomic E-state index is 12.4. The SMILES string of the molecule is CC(N)C(=O)N(CC1CCCN(Cc2ccccc2)C1)C1CC1. The molecular formula is C19H29N3O. The van der Waals surface area contributed by atoms with Crippen LogP contribution >= 0.6 is 0 Å². The molecule has 0 aromatic heterocycles. The van der Waals surface area contributed by atoms with Crippen LogP contribution in [0.2, 0.25) is 0 Å². The van der Waals surface area contributed by atoms with Crippen LogP contribution in [0.15, 0.2) is 30.3 Å². The topological polar surface area (TPSA) is 49.6 Å². The van der Waals surface area contributed by atoms with E-state index >= 15 is 0 Å². The molecule has 1 aromatic rings. The van der Waals surface area contributed by atoms with Crippen molar-refractivity contribution >= 4 is 5.91 Å². The molecule has 2 unspecified atom stereocenters. The average Bonchev–Trinajstić information content (AvgIpc) is 3.38. The van der Waals surface area contributed by atoms with Crippen molar-refractivity contribution in [2.45, 2.75) is 51.2 Å². The molecule has 1 saturated carbocycles. The van der Waals surface area contributed by atoms with Gasteiger partial charge in [-0.3, -0.25) is 9.69 Å². The van der Waals surface area contributed by atoms with Crippen LogP contribution in [0.1, 0.15) is 38.2 Å². The third kappa shape index (κ3) is 4.55. The summed E-state index contributed by atoms with van der Waals surface area (Å²) < 4.78 is 0. The number of likely N-dealkylation sites (tertiary alicyclic amines) is 1. The van der Waals surface area contributed by atoms with E-state index in [-0.39, 0.29) is 11.9 Å². The molecule has 1 aliphatic heterocycles. The van der Waals surface area contributed by atoms with Gasteiger partial charge in [-0.15, -0.1) is 0 Å². The van der Waals surface area contributed by atoms with Gasteiger partial charge >= 0.3 is 0 Å². The second-order valence-electron chi connectivity index (χ2n) is 7.24. The Morgan fingerprint density at radius 2 is 2.04 bits per heavy atom. The molecule has 0 bridgehead atoms. The molecule has 2 N–H and O–H groups in total. The summed E-state index contributed by atoms with van der Waals surface area (Å²) in [5.41, 5.74) is 7.21. The summed E-state index contributed by atoms with van der Waals surface area (Å²) in [6, 6.07) is 10.7. The Morgan fingerprint density at radius 1 is 1.30 bits per heavy atom. The zero-order valence-electron chi connectivity index (χ0n) is 14.2. The van der Waals surface area contributed by atoms with Gasteiger partial charge < -0.3 is 10.6 Å². The number of benzene rings is 1. The molecule has 0 radical (unpaired) electrons. The normalized spacial score (nSPS) is 23.5. The second-order valence-corrected chi connectivity index (χ2v) is 7.24. The van der Waals surface area contributed by atoms with Crippen LogP contribution in [0.25, 0.3) is 0 Å². The number of carbonyl (C=O) groups excluding carboxylic acids is 1. The summed E-state index contributed by atoms with van der Waals surface area (Å²) in [7, 11) is 0. The maximum atomic E-state index is 12.4. The molecule has 1 aliphatic carbocycles. The molecule has 3 rings (SSSR count). The van der Waals surface area contributed by atoms with Crippen LogP contribution in [0.4, 0.5) is 0 Å². The summed E-state index contributed by atoms with van der Waals surface area (Å²) in [5, 5.41) is 0. The van der Waals surface area contributed by atoms with Gasteiger partial charge in [-0.05, 0) is 50.6 Å². The zero-order valence-corrected chi connectivity index (χ0v) is 14.2. The van der Waals surface area contributed by atoms with E-state index in [4.69, 9.17) is 5.73 Å². The lowest BCUT2D eigenvalue weighted by Gasteiger charge is -2.36. The summed E-state index contributed by atoms with van der Waals surface area (Å²) in [6.45, 7) is 5.96. The first-order valence-corrected chi connectivity index (χ1v) is 8.96. The highest BCUT2D eigenvalue weighted by atomic mass is 16.2. The van der Waals surface area contributed by atoms with Crippen LogP contribution in [-0.4, -0.2) is 47.4 Å². The van der Waals surface area contributed by atoms with E-state index in [9.17, 15) is 4.79 Å². The van der Waals surface area contributed by atoms with Gasteiger partial charge in [-0.2, -0.15) is 0 Å². The van der Waals surface area contributed by atoms with E-state index in [1.165, 1.54) is 18.4 Å². The predicted octanol–water partition coefficient (Wildman–Crippen LogP) is 2.24. The van der Waals surface area contributed by atoms with E-state index in [2.05, 4.69) is 40.1 Å². The van der Waals surface area contributed by atoms with Crippen molar-refractivity contribution in [3.63, 3.8) is 0 Å². The van der Waals surface area contributed by atoms with Gasteiger partial charge in [0.1, 0.15) is 0 Å². The smallest absolute Gasteiger partial charge is 0.239 e. The summed E-state index contributed by atoms with van der Waals surface area (Å²) in [6.07, 6.45) is 4.75. The fraction of sp³-hybridized carbons (Fsp3) is 0.632. The number of piperidine rings is 1. The Morgan fingerprint density at radius 3 is 2.70 bits per heavy atom. The molecule has 0 spiro atoms. The highest BCUT2D eigenvalue weighted by Crippen LogP contribution is 2.30. The molecule has 2 fully saturated rings. The van der Waals surface area contributed by atoms with Gasteiger partial charge in [0, 0.05) is 25.7 Å². The van der Waals surface area contributed by atoms with Gasteiger partial charge in [-0.25, -0.2) is 0 Å². The lowest BCUT2D eigenvalue weighted by atomic mass is 9.96. The van der Waals surface area contributed by atoms with E-state index in [0.717, 1.165) is 39.0 Å². The van der Waals surface area contributed by atoms with E-state index < -0.39 is 0 Å². The Kier molecular flexibility index (Phi) is 5.34. The summed E-state index contributed by atoms with van der Waals surface area (Å²) in [4.78, 5) is 17.0. The third-order valence-electron chi connectivity index (χ3n) is 4.97. The third-order valence-corrected chi connectivity index (χ3v) is 4.97. The molecule has 126 valence electrons. The number of hydrogen-bond donors (Lipinski definition) is 1. The first-order chi connectivity index (χ1) is 11.1. The van der Waals surface area contributed by atoms with Crippen molar-refractivity contribution in [3.05, 3.63) is 35.9 Å². The average molecular weight is 315 g/mol. The fourth-order valence-electron chi connectivity index (χ4n) is 3.63. The van der Waals surface area contributed by atoms with Crippen LogP contribution in [-0.2, 0) is 11.3 Å². The van der Waals surface area contributed by atoms with Crippen LogP contribution in [0.3, 0.4) is 0 Å². The highest BCUT2D eigenvalue weighted by molar-refractivity contribution is 5.81. The largest absolute Gasteiger partial charge is 0.338 e. The monoisotopic (exact) mass is 315 g/mol. The summed E-state index contributed by atoms with van der Waals surface area (Å²) >= 11 is 0. The molecular weight excluding hydrogens is 286 g/mol. The van der Waals surface area contributed by atoms with Crippen molar-refractivity contribution in [2.75, 3.05) is 19.6 Å². The van der Waals surface area contributed by atoms with Crippen LogP contribution < -0.4 is 5.73 Å². The Balaban J connectivity index is 1.56. The van der Waals surface area contributed by atoms with E-state index in [1.54, 1.807) is 6.92 Å². The second kappa shape index (κ2) is 7.45. The first kappa shape index (κ1) is 16.5. The number of carbonyl (C=O) groups is 1. The Bertz CT molecular complexity index is 513. The Labute approximate surface area is 139 Å². The van der Waals surface area contributed by atoms with Gasteiger partial charge in [-0.1, -0.05) is 30.3 Å². The van der Waals surface area contributed by atoms with Gasteiger partial charge in [0.2, 0.25) is 5.91 Å². The molecule has 2 aliphatic rings. The Hall–Kier alpha value is -1.39. The molecule has 1 aromatic carbocycles. The van der Waals surface area contributed by atoms with Gasteiger partial charge in [0.15, 0.2) is 0 Å².